The molecule has 0 saturated heterocycles. The number of anilines is 1. The lowest BCUT2D eigenvalue weighted by Crippen LogP contribution is -2.27. The van der Waals surface area contributed by atoms with Crippen molar-refractivity contribution in [3.8, 4) is 0 Å². The lowest BCUT2D eigenvalue weighted by Gasteiger charge is -2.22. The topological polar surface area (TPSA) is 76.0 Å². The summed E-state index contributed by atoms with van der Waals surface area (Å²) in [5.41, 5.74) is 0.572. The van der Waals surface area contributed by atoms with Crippen molar-refractivity contribution in [1.29, 1.82) is 0 Å². The lowest BCUT2D eigenvalue weighted by atomic mass is 9.92. The average Bonchev–Trinajstić information content (AvgIpc) is 3.10. The van der Waals surface area contributed by atoms with E-state index < -0.39 is 0 Å². The minimum absolute atomic E-state index is 0.0896. The molecule has 0 atom stereocenters. The largest absolute Gasteiger partial charge is 0.351 e. The fourth-order valence-electron chi connectivity index (χ4n) is 2.33. The maximum atomic E-state index is 12.7. The molecule has 6 nitrogen and oxygen atoms in total. The number of carbonyl (C=O) groups excluding carboxylic acids is 2. The number of aromatic nitrogens is 2. The van der Waals surface area contributed by atoms with Crippen LogP contribution in [0.25, 0.3) is 0 Å². The highest BCUT2D eigenvalue weighted by Crippen LogP contribution is 2.29. The molecular weight excluding hydrogens is 348 g/mol. The number of amides is 2. The maximum absolute atomic E-state index is 12.7. The Morgan fingerprint density at radius 1 is 1.15 bits per heavy atom. The zero-order valence-corrected chi connectivity index (χ0v) is 17.4. The van der Waals surface area contributed by atoms with Crippen LogP contribution in [0.2, 0.25) is 0 Å². The van der Waals surface area contributed by atoms with Gasteiger partial charge < -0.3 is 10.6 Å². The predicted molar refractivity (Wildman–Crippen MR) is 106 cm³/mol. The van der Waals surface area contributed by atoms with Crippen LogP contribution in [0.1, 0.15) is 68.7 Å². The van der Waals surface area contributed by atoms with Crippen molar-refractivity contribution < 1.29 is 9.59 Å². The van der Waals surface area contributed by atoms with Crippen LogP contribution in [0.4, 0.5) is 5.82 Å². The molecule has 2 N–H and O–H groups in total. The first-order valence-corrected chi connectivity index (χ1v) is 9.45. The summed E-state index contributed by atoms with van der Waals surface area (Å²) in [5.74, 6) is 0.423. The number of nitrogens with zero attached hydrogens (tertiary/aromatic N) is 2. The molecule has 0 aliphatic carbocycles. The number of hydrogen-bond acceptors (Lipinski definition) is 4. The third kappa shape index (κ3) is 4.94. The quantitative estimate of drug-likeness (QED) is 0.850. The molecule has 0 fully saturated rings. The predicted octanol–water partition coefficient (Wildman–Crippen LogP) is 3.89. The molecule has 0 bridgehead atoms. The molecule has 0 saturated carbocycles. The monoisotopic (exact) mass is 376 g/mol. The minimum atomic E-state index is -0.252. The van der Waals surface area contributed by atoms with Crippen LogP contribution in [-0.4, -0.2) is 21.6 Å². The highest BCUT2D eigenvalue weighted by molar-refractivity contribution is 7.14. The number of hydrogen-bond donors (Lipinski definition) is 2. The third-order valence-electron chi connectivity index (χ3n) is 3.75. The summed E-state index contributed by atoms with van der Waals surface area (Å²) in [6.45, 7) is 14.4. The number of carbonyl (C=O) groups is 2. The van der Waals surface area contributed by atoms with Crippen LogP contribution >= 0.6 is 11.3 Å². The first-order chi connectivity index (χ1) is 11.9. The fraction of sp³-hybridized carbons (Fsp3) is 0.526. The van der Waals surface area contributed by atoms with E-state index in [1.54, 1.807) is 6.07 Å². The van der Waals surface area contributed by atoms with Crippen molar-refractivity contribution in [2.75, 3.05) is 5.32 Å². The highest BCUT2D eigenvalue weighted by Gasteiger charge is 2.26. The Morgan fingerprint density at radius 3 is 2.35 bits per heavy atom. The molecule has 7 heteroatoms. The molecule has 0 aromatic carbocycles. The van der Waals surface area contributed by atoms with Crippen LogP contribution in [0.15, 0.2) is 18.2 Å². The van der Waals surface area contributed by atoms with E-state index in [0.717, 1.165) is 10.6 Å². The van der Waals surface area contributed by atoms with Crippen LogP contribution in [0.3, 0.4) is 0 Å². The molecule has 2 heterocycles. The van der Waals surface area contributed by atoms with Gasteiger partial charge in [-0.25, -0.2) is 4.68 Å². The number of rotatable bonds is 4. The fourth-order valence-corrected chi connectivity index (χ4v) is 3.18. The van der Waals surface area contributed by atoms with Crippen molar-refractivity contribution in [2.45, 2.75) is 66.0 Å². The van der Waals surface area contributed by atoms with E-state index >= 15 is 0 Å². The third-order valence-corrected chi connectivity index (χ3v) is 4.84. The molecule has 2 aromatic rings. The Hall–Kier alpha value is -2.15. The molecule has 2 rings (SSSR count). The van der Waals surface area contributed by atoms with E-state index in [9.17, 15) is 9.59 Å². The summed E-state index contributed by atoms with van der Waals surface area (Å²) < 4.78 is 1.86. The molecule has 142 valence electrons. The van der Waals surface area contributed by atoms with Gasteiger partial charge in [0.1, 0.15) is 5.82 Å². The van der Waals surface area contributed by atoms with Gasteiger partial charge in [-0.1, -0.05) is 20.8 Å². The van der Waals surface area contributed by atoms with Crippen molar-refractivity contribution >= 4 is 29.0 Å². The van der Waals surface area contributed by atoms with Crippen molar-refractivity contribution in [1.82, 2.24) is 15.1 Å². The molecule has 0 aliphatic rings. The van der Waals surface area contributed by atoms with Gasteiger partial charge in [-0.05, 0) is 32.9 Å². The van der Waals surface area contributed by atoms with E-state index in [4.69, 9.17) is 5.10 Å². The minimum Gasteiger partial charge on any atom is -0.351 e. The molecule has 0 radical (unpaired) electrons. The van der Waals surface area contributed by atoms with Crippen molar-refractivity contribution in [2.24, 2.45) is 0 Å². The second kappa shape index (κ2) is 7.23. The van der Waals surface area contributed by atoms with Crippen LogP contribution in [0.5, 0.6) is 0 Å². The Balaban J connectivity index is 2.23. The zero-order chi connectivity index (χ0) is 19.7. The van der Waals surface area contributed by atoms with Gasteiger partial charge in [0.2, 0.25) is 5.91 Å². The Kier molecular flexibility index (Phi) is 5.61. The second-order valence-electron chi connectivity index (χ2n) is 8.38. The van der Waals surface area contributed by atoms with Gasteiger partial charge in [-0.3, -0.25) is 9.59 Å². The first kappa shape index (κ1) is 20.2. The van der Waals surface area contributed by atoms with Gasteiger partial charge in [0.15, 0.2) is 0 Å². The van der Waals surface area contributed by atoms with Crippen LogP contribution in [0, 0.1) is 0 Å². The molecular formula is C19H28N4O2S. The van der Waals surface area contributed by atoms with Gasteiger partial charge in [0.05, 0.1) is 22.7 Å². The van der Waals surface area contributed by atoms with Crippen LogP contribution in [-0.2, 0) is 22.3 Å². The van der Waals surface area contributed by atoms with Crippen molar-refractivity contribution in [3.05, 3.63) is 33.6 Å². The smallest absolute Gasteiger partial charge is 0.266 e. The Labute approximate surface area is 159 Å². The molecule has 2 amide bonds. The van der Waals surface area contributed by atoms with E-state index in [1.165, 1.54) is 18.3 Å². The summed E-state index contributed by atoms with van der Waals surface area (Å²) in [4.78, 5) is 25.2. The van der Waals surface area contributed by atoms with Gasteiger partial charge >= 0.3 is 0 Å². The van der Waals surface area contributed by atoms with E-state index in [-0.39, 0.29) is 22.8 Å². The molecule has 0 spiro atoms. The molecule has 0 unspecified atom stereocenters. The van der Waals surface area contributed by atoms with Gasteiger partial charge in [0.25, 0.3) is 5.91 Å². The van der Waals surface area contributed by atoms with Gasteiger partial charge in [0, 0.05) is 23.3 Å². The number of nitrogens with one attached hydrogen (secondary N) is 2. The summed E-state index contributed by atoms with van der Waals surface area (Å²) in [7, 11) is 0. The zero-order valence-electron chi connectivity index (χ0n) is 16.6. The summed E-state index contributed by atoms with van der Waals surface area (Å²) >= 11 is 1.37. The molecule has 0 aliphatic heterocycles. The van der Waals surface area contributed by atoms with Crippen molar-refractivity contribution in [3.63, 3.8) is 0 Å². The average molecular weight is 377 g/mol. The Bertz CT molecular complexity index is 806. The summed E-state index contributed by atoms with van der Waals surface area (Å²) in [6, 6.07) is 5.58. The first-order valence-electron chi connectivity index (χ1n) is 8.63. The second-order valence-corrected chi connectivity index (χ2v) is 9.55. The normalized spacial score (nSPS) is 12.1. The van der Waals surface area contributed by atoms with E-state index in [0.29, 0.717) is 17.2 Å². The highest BCUT2D eigenvalue weighted by atomic mass is 32.1. The van der Waals surface area contributed by atoms with Gasteiger partial charge in [-0.2, -0.15) is 5.10 Å². The van der Waals surface area contributed by atoms with E-state index in [1.807, 2.05) is 16.8 Å². The molecule has 2 aromatic heterocycles. The van der Waals surface area contributed by atoms with E-state index in [2.05, 4.69) is 52.2 Å². The number of thiophene rings is 1. The standard InChI is InChI=1S/C19H28N4O2S/c1-12(24)20-11-13-8-9-14(26-13)17(25)21-16-10-15(18(2,3)4)22-23(16)19(5,6)7/h8-10H,11H2,1-7H3,(H,20,24)(H,21,25). The Morgan fingerprint density at radius 2 is 1.81 bits per heavy atom. The SMILES string of the molecule is CC(=O)NCc1ccc(C(=O)Nc2cc(C(C)(C)C)nn2C(C)(C)C)s1. The van der Waals surface area contributed by atoms with Crippen LogP contribution < -0.4 is 10.6 Å². The van der Waals surface area contributed by atoms with Gasteiger partial charge in [-0.15, -0.1) is 11.3 Å². The molecule has 26 heavy (non-hydrogen) atoms. The summed E-state index contributed by atoms with van der Waals surface area (Å²) in [6.07, 6.45) is 0. The summed E-state index contributed by atoms with van der Waals surface area (Å²) in [5, 5.41) is 10.4. The maximum Gasteiger partial charge on any atom is 0.266 e. The lowest BCUT2D eigenvalue weighted by molar-refractivity contribution is -0.119.